The Morgan fingerprint density at radius 2 is 2.54 bits per heavy atom. The number of likely N-dealkylation sites (tertiary alicyclic amines) is 1. The molecule has 3 nitrogen and oxygen atoms in total. The number of piperidine rings is 1. The molecule has 0 aromatic rings. The van der Waals surface area contributed by atoms with Gasteiger partial charge < -0.3 is 4.90 Å². The predicted octanol–water partition coefficient (Wildman–Crippen LogP) is 1.57. The van der Waals surface area contributed by atoms with Gasteiger partial charge in [-0.1, -0.05) is 6.08 Å². The molecule has 0 N–H and O–H groups in total. The van der Waals surface area contributed by atoms with Crippen molar-refractivity contribution < 1.29 is 4.79 Å². The lowest BCUT2D eigenvalue weighted by Crippen LogP contribution is -2.31. The Hall–Kier alpha value is -0.920. The molecule has 1 aliphatic rings. The summed E-state index contributed by atoms with van der Waals surface area (Å²) < 4.78 is 0. The molecule has 0 radical (unpaired) electrons. The highest BCUT2D eigenvalue weighted by atomic mass is 16.1. The molecule has 3 heteroatoms. The fraction of sp³-hybridized carbons (Fsp3) is 0.700. The second kappa shape index (κ2) is 5.68. The van der Waals surface area contributed by atoms with E-state index in [2.05, 4.69) is 16.9 Å². The van der Waals surface area contributed by atoms with Crippen LogP contribution in [-0.2, 0) is 4.79 Å². The summed E-state index contributed by atoms with van der Waals surface area (Å²) in [5, 5.41) is 0. The maximum Gasteiger partial charge on any atom is 0.239 e. The van der Waals surface area contributed by atoms with Crippen LogP contribution in [0, 0.1) is 5.92 Å². The summed E-state index contributed by atoms with van der Waals surface area (Å²) in [6.07, 6.45) is 8.59. The van der Waals surface area contributed by atoms with Crippen molar-refractivity contribution in [2.24, 2.45) is 10.9 Å². The average Bonchev–Trinajstić information content (AvgIpc) is 2.13. The molecule has 72 valence electrons. The van der Waals surface area contributed by atoms with Gasteiger partial charge in [0.15, 0.2) is 0 Å². The zero-order chi connectivity index (χ0) is 9.52. The summed E-state index contributed by atoms with van der Waals surface area (Å²) in [6, 6.07) is 0. The third-order valence-electron chi connectivity index (χ3n) is 2.42. The first-order valence-electron chi connectivity index (χ1n) is 4.73. The van der Waals surface area contributed by atoms with Crippen LogP contribution in [-0.4, -0.2) is 31.1 Å². The molecule has 0 spiro atoms. The molecule has 1 unspecified atom stereocenters. The number of nitrogens with zero attached hydrogens (tertiary/aromatic N) is 2. The molecular weight excluding hydrogens is 164 g/mol. The van der Waals surface area contributed by atoms with E-state index in [1.807, 2.05) is 6.08 Å². The van der Waals surface area contributed by atoms with Crippen LogP contribution in [0.3, 0.4) is 0 Å². The molecule has 1 heterocycles. The third-order valence-corrected chi connectivity index (χ3v) is 2.42. The topological polar surface area (TPSA) is 32.7 Å². The summed E-state index contributed by atoms with van der Waals surface area (Å²) in [5.74, 6) is 0.733. The van der Waals surface area contributed by atoms with Crippen molar-refractivity contribution in [3.05, 3.63) is 12.3 Å². The molecule has 1 atom stereocenters. The van der Waals surface area contributed by atoms with Crippen LogP contribution in [0.2, 0.25) is 0 Å². The normalized spacial score (nSPS) is 24.5. The van der Waals surface area contributed by atoms with E-state index in [4.69, 9.17) is 0 Å². The SMILES string of the molecule is CN1CCCC(C/C=C\N=C=O)C1. The fourth-order valence-corrected chi connectivity index (χ4v) is 1.80. The molecule has 0 saturated carbocycles. The minimum atomic E-state index is 0.733. The van der Waals surface area contributed by atoms with Crippen LogP contribution >= 0.6 is 0 Å². The molecule has 0 amide bonds. The lowest BCUT2D eigenvalue weighted by molar-refractivity contribution is 0.211. The average molecular weight is 180 g/mol. The second-order valence-electron chi connectivity index (χ2n) is 3.61. The van der Waals surface area contributed by atoms with Crippen LogP contribution in [0.15, 0.2) is 17.3 Å². The van der Waals surface area contributed by atoms with Crippen molar-refractivity contribution >= 4 is 6.08 Å². The number of carbonyl (C=O) groups excluding carboxylic acids is 1. The molecule has 1 fully saturated rings. The number of aliphatic imine (C=N–C) groups is 1. The minimum absolute atomic E-state index is 0.733. The largest absolute Gasteiger partial charge is 0.306 e. The lowest BCUT2D eigenvalue weighted by atomic mass is 9.95. The number of hydrogen-bond acceptors (Lipinski definition) is 3. The van der Waals surface area contributed by atoms with Gasteiger partial charge in [0.25, 0.3) is 0 Å². The smallest absolute Gasteiger partial charge is 0.239 e. The Balaban J connectivity index is 2.24. The van der Waals surface area contributed by atoms with Crippen LogP contribution in [0.1, 0.15) is 19.3 Å². The monoisotopic (exact) mass is 180 g/mol. The summed E-state index contributed by atoms with van der Waals surface area (Å²) in [4.78, 5) is 15.5. The van der Waals surface area contributed by atoms with Gasteiger partial charge in [-0.15, -0.1) is 0 Å². The van der Waals surface area contributed by atoms with Gasteiger partial charge in [0.2, 0.25) is 6.08 Å². The summed E-state index contributed by atoms with van der Waals surface area (Å²) in [7, 11) is 2.15. The number of allylic oxidation sites excluding steroid dienone is 1. The van der Waals surface area contributed by atoms with Crippen LogP contribution in [0.4, 0.5) is 0 Å². The molecule has 0 aromatic heterocycles. The van der Waals surface area contributed by atoms with Crippen molar-refractivity contribution in [3.8, 4) is 0 Å². The first kappa shape index (κ1) is 10.2. The van der Waals surface area contributed by atoms with E-state index < -0.39 is 0 Å². The standard InChI is InChI=1S/C10H16N2O/c1-12-7-3-5-10(8-12)4-2-6-11-9-13/h2,6,10H,3-5,7-8H2,1H3/b6-2-. The Kier molecular flexibility index (Phi) is 4.44. The van der Waals surface area contributed by atoms with Gasteiger partial charge in [-0.2, -0.15) is 4.99 Å². The van der Waals surface area contributed by atoms with E-state index in [1.54, 1.807) is 6.20 Å². The van der Waals surface area contributed by atoms with E-state index in [1.165, 1.54) is 25.5 Å². The minimum Gasteiger partial charge on any atom is -0.306 e. The molecule has 0 bridgehead atoms. The molecule has 0 aromatic carbocycles. The molecule has 1 saturated heterocycles. The van der Waals surface area contributed by atoms with Crippen LogP contribution in [0.25, 0.3) is 0 Å². The van der Waals surface area contributed by atoms with Gasteiger partial charge >= 0.3 is 0 Å². The van der Waals surface area contributed by atoms with Gasteiger partial charge in [0.1, 0.15) is 0 Å². The van der Waals surface area contributed by atoms with Gasteiger partial charge in [0.05, 0.1) is 0 Å². The van der Waals surface area contributed by atoms with E-state index in [-0.39, 0.29) is 0 Å². The highest BCUT2D eigenvalue weighted by Crippen LogP contribution is 2.18. The van der Waals surface area contributed by atoms with Crippen molar-refractivity contribution in [2.75, 3.05) is 20.1 Å². The zero-order valence-electron chi connectivity index (χ0n) is 8.07. The fourth-order valence-electron chi connectivity index (χ4n) is 1.80. The van der Waals surface area contributed by atoms with E-state index in [9.17, 15) is 4.79 Å². The first-order valence-corrected chi connectivity index (χ1v) is 4.73. The second-order valence-corrected chi connectivity index (χ2v) is 3.61. The molecule has 1 aliphatic heterocycles. The molecular formula is C10H16N2O. The zero-order valence-corrected chi connectivity index (χ0v) is 8.07. The van der Waals surface area contributed by atoms with Crippen molar-refractivity contribution in [2.45, 2.75) is 19.3 Å². The summed E-state index contributed by atoms with van der Waals surface area (Å²) >= 11 is 0. The molecule has 0 aliphatic carbocycles. The Morgan fingerprint density at radius 1 is 1.69 bits per heavy atom. The maximum atomic E-state index is 9.76. The van der Waals surface area contributed by atoms with Crippen molar-refractivity contribution in [1.29, 1.82) is 0 Å². The predicted molar refractivity (Wildman–Crippen MR) is 52.1 cm³/mol. The van der Waals surface area contributed by atoms with Gasteiger partial charge in [0, 0.05) is 12.7 Å². The quantitative estimate of drug-likeness (QED) is 0.488. The van der Waals surface area contributed by atoms with Gasteiger partial charge in [-0.05, 0) is 38.8 Å². The summed E-state index contributed by atoms with van der Waals surface area (Å²) in [5.41, 5.74) is 0. The van der Waals surface area contributed by atoms with Crippen molar-refractivity contribution in [3.63, 3.8) is 0 Å². The van der Waals surface area contributed by atoms with Gasteiger partial charge in [-0.3, -0.25) is 0 Å². The molecule has 1 rings (SSSR count). The number of rotatable bonds is 3. The molecule has 13 heavy (non-hydrogen) atoms. The van der Waals surface area contributed by atoms with Crippen LogP contribution < -0.4 is 0 Å². The highest BCUT2D eigenvalue weighted by Gasteiger charge is 2.15. The number of hydrogen-bond donors (Lipinski definition) is 0. The lowest BCUT2D eigenvalue weighted by Gasteiger charge is -2.28. The van der Waals surface area contributed by atoms with Crippen LogP contribution in [0.5, 0.6) is 0 Å². The Morgan fingerprint density at radius 3 is 3.23 bits per heavy atom. The Bertz CT molecular complexity index is 219. The first-order chi connectivity index (χ1) is 6.33. The van der Waals surface area contributed by atoms with Gasteiger partial charge in [-0.25, -0.2) is 4.79 Å². The van der Waals surface area contributed by atoms with E-state index >= 15 is 0 Å². The number of isocyanates is 1. The van der Waals surface area contributed by atoms with E-state index in [0.717, 1.165) is 18.9 Å². The summed E-state index contributed by atoms with van der Waals surface area (Å²) in [6.45, 7) is 2.38. The maximum absolute atomic E-state index is 9.76. The Labute approximate surface area is 79.1 Å². The third kappa shape index (κ3) is 4.02. The van der Waals surface area contributed by atoms with Crippen molar-refractivity contribution in [1.82, 2.24) is 4.90 Å². The highest BCUT2D eigenvalue weighted by molar-refractivity contribution is 5.34. The van der Waals surface area contributed by atoms with E-state index in [0.29, 0.717) is 0 Å².